The van der Waals surface area contributed by atoms with E-state index in [2.05, 4.69) is 36.5 Å². The smallest absolute Gasteiger partial charge is 0.180 e. The predicted molar refractivity (Wildman–Crippen MR) is 130 cm³/mol. The second-order valence-corrected chi connectivity index (χ2v) is 8.50. The van der Waals surface area contributed by atoms with E-state index in [9.17, 15) is 0 Å². The van der Waals surface area contributed by atoms with Gasteiger partial charge in [-0.1, -0.05) is 84.5 Å². The number of benzene rings is 3. The van der Waals surface area contributed by atoms with Crippen molar-refractivity contribution >= 4 is 34.8 Å². The van der Waals surface area contributed by atoms with Crippen molar-refractivity contribution in [2.24, 2.45) is 0 Å². The Balaban J connectivity index is 1.71. The lowest BCUT2D eigenvalue weighted by Gasteiger charge is -2.20. The van der Waals surface area contributed by atoms with Gasteiger partial charge in [0.15, 0.2) is 11.5 Å². The summed E-state index contributed by atoms with van der Waals surface area (Å²) in [4.78, 5) is 0. The van der Waals surface area contributed by atoms with Crippen LogP contribution in [0.15, 0.2) is 60.7 Å². The fourth-order valence-electron chi connectivity index (χ4n) is 3.40. The minimum absolute atomic E-state index is 0.279. The highest BCUT2D eigenvalue weighted by Gasteiger charge is 2.15. The highest BCUT2D eigenvalue weighted by Crippen LogP contribution is 2.37. The quantitative estimate of drug-likeness (QED) is 0.321. The lowest BCUT2D eigenvalue weighted by molar-refractivity contribution is 0.284. The first-order chi connectivity index (χ1) is 15.0. The molecule has 0 aliphatic rings. The van der Waals surface area contributed by atoms with Crippen LogP contribution in [0.5, 0.6) is 11.5 Å². The van der Waals surface area contributed by atoms with Crippen molar-refractivity contribution in [3.8, 4) is 11.5 Å². The molecule has 0 fully saturated rings. The van der Waals surface area contributed by atoms with Crippen molar-refractivity contribution < 1.29 is 9.47 Å². The summed E-state index contributed by atoms with van der Waals surface area (Å²) in [5.41, 5.74) is 3.20. The van der Waals surface area contributed by atoms with Gasteiger partial charge in [-0.05, 0) is 47.4 Å². The van der Waals surface area contributed by atoms with Gasteiger partial charge in [-0.3, -0.25) is 0 Å². The Labute approximate surface area is 199 Å². The molecule has 0 aliphatic carbocycles. The molecule has 0 spiro atoms. The molecule has 6 heteroatoms. The van der Waals surface area contributed by atoms with Gasteiger partial charge in [-0.25, -0.2) is 0 Å². The van der Waals surface area contributed by atoms with Crippen LogP contribution in [0.3, 0.4) is 0 Å². The molecule has 0 heterocycles. The first-order valence-corrected chi connectivity index (χ1v) is 11.4. The summed E-state index contributed by atoms with van der Waals surface area (Å²) in [5.74, 6) is 1.10. The minimum Gasteiger partial charge on any atom is -0.493 e. The fraction of sp³-hybridized carbons (Fsp3) is 0.280. The zero-order valence-corrected chi connectivity index (χ0v) is 19.9. The third-order valence-corrected chi connectivity index (χ3v) is 6.01. The van der Waals surface area contributed by atoms with Gasteiger partial charge >= 0.3 is 0 Å². The molecule has 3 aromatic carbocycles. The summed E-state index contributed by atoms with van der Waals surface area (Å²) in [6.07, 6.45) is 2.15. The van der Waals surface area contributed by atoms with Gasteiger partial charge in [0, 0.05) is 12.6 Å². The number of ether oxygens (including phenoxy) is 2. The largest absolute Gasteiger partial charge is 0.493 e. The molecule has 0 bridgehead atoms. The maximum Gasteiger partial charge on any atom is 0.180 e. The maximum absolute atomic E-state index is 6.55. The third-order valence-electron chi connectivity index (χ3n) is 4.99. The van der Waals surface area contributed by atoms with E-state index in [1.165, 1.54) is 5.56 Å². The molecular weight excluding hydrogens is 453 g/mol. The van der Waals surface area contributed by atoms with E-state index < -0.39 is 0 Å². The Hall–Kier alpha value is -1.91. The first kappa shape index (κ1) is 23.7. The van der Waals surface area contributed by atoms with Crippen LogP contribution in [-0.2, 0) is 13.2 Å². The Morgan fingerprint density at radius 1 is 0.871 bits per heavy atom. The summed E-state index contributed by atoms with van der Waals surface area (Å²) < 4.78 is 11.5. The van der Waals surface area contributed by atoms with Crippen LogP contribution in [0.2, 0.25) is 15.1 Å². The molecule has 0 saturated heterocycles. The molecule has 1 N–H and O–H groups in total. The van der Waals surface area contributed by atoms with Gasteiger partial charge in [0.2, 0.25) is 0 Å². The van der Waals surface area contributed by atoms with E-state index in [0.717, 1.165) is 24.0 Å². The lowest BCUT2D eigenvalue weighted by Crippen LogP contribution is -2.20. The van der Waals surface area contributed by atoms with Crippen LogP contribution < -0.4 is 14.8 Å². The van der Waals surface area contributed by atoms with Crippen LogP contribution in [0.25, 0.3) is 0 Å². The highest BCUT2D eigenvalue weighted by atomic mass is 35.5. The summed E-state index contributed by atoms with van der Waals surface area (Å²) >= 11 is 18.6. The Bertz CT molecular complexity index is 996. The Kier molecular flexibility index (Phi) is 8.91. The number of rotatable bonds is 10. The fourth-order valence-corrected chi connectivity index (χ4v) is 4.01. The molecule has 3 nitrogen and oxygen atoms in total. The number of methoxy groups -OCH3 is 1. The molecule has 3 aromatic rings. The van der Waals surface area contributed by atoms with Crippen LogP contribution >= 0.6 is 34.8 Å². The molecular formula is C25H26Cl3NO2. The number of nitrogens with one attached hydrogen (secondary N) is 1. The Morgan fingerprint density at radius 3 is 2.29 bits per heavy atom. The number of hydrogen-bond donors (Lipinski definition) is 1. The van der Waals surface area contributed by atoms with Crippen LogP contribution in [-0.4, -0.2) is 7.11 Å². The van der Waals surface area contributed by atoms with Gasteiger partial charge in [0.05, 0.1) is 22.2 Å². The van der Waals surface area contributed by atoms with Crippen molar-refractivity contribution in [3.05, 3.63) is 92.4 Å². The topological polar surface area (TPSA) is 30.5 Å². The van der Waals surface area contributed by atoms with E-state index >= 15 is 0 Å². The van der Waals surface area contributed by atoms with E-state index in [1.807, 2.05) is 24.3 Å². The normalized spacial score (nSPS) is 11.9. The van der Waals surface area contributed by atoms with E-state index in [0.29, 0.717) is 39.7 Å². The highest BCUT2D eigenvalue weighted by molar-refractivity contribution is 6.42. The average Bonchev–Trinajstić information content (AvgIpc) is 2.78. The summed E-state index contributed by atoms with van der Waals surface area (Å²) in [5, 5.41) is 5.14. The monoisotopic (exact) mass is 477 g/mol. The summed E-state index contributed by atoms with van der Waals surface area (Å²) in [6, 6.07) is 20.0. The molecule has 0 saturated carbocycles. The van der Waals surface area contributed by atoms with Crippen LogP contribution in [0.4, 0.5) is 0 Å². The molecule has 0 aliphatic heterocycles. The van der Waals surface area contributed by atoms with Crippen LogP contribution in [0.1, 0.15) is 42.5 Å². The zero-order valence-electron chi connectivity index (χ0n) is 17.6. The van der Waals surface area contributed by atoms with Crippen molar-refractivity contribution in [2.45, 2.75) is 39.0 Å². The second kappa shape index (κ2) is 11.6. The molecule has 1 unspecified atom stereocenters. The summed E-state index contributed by atoms with van der Waals surface area (Å²) in [7, 11) is 1.61. The molecule has 0 aromatic heterocycles. The van der Waals surface area contributed by atoms with E-state index in [1.54, 1.807) is 19.2 Å². The third kappa shape index (κ3) is 6.54. The average molecular weight is 479 g/mol. The molecule has 0 amide bonds. The van der Waals surface area contributed by atoms with Crippen molar-refractivity contribution in [1.29, 1.82) is 0 Å². The van der Waals surface area contributed by atoms with Crippen molar-refractivity contribution in [3.63, 3.8) is 0 Å². The van der Waals surface area contributed by atoms with Gasteiger partial charge in [0.1, 0.15) is 6.61 Å². The molecule has 31 heavy (non-hydrogen) atoms. The van der Waals surface area contributed by atoms with E-state index in [-0.39, 0.29) is 6.04 Å². The lowest BCUT2D eigenvalue weighted by atomic mass is 10.0. The van der Waals surface area contributed by atoms with Gasteiger partial charge < -0.3 is 14.8 Å². The zero-order chi connectivity index (χ0) is 22.2. The minimum atomic E-state index is 0.279. The standard InChI is InChI=1S/C25H26Cl3NO2/c1-3-7-23(19-8-5-4-6-9-19)29-15-18-13-22(28)25(24(14-18)30-2)31-16-17-10-11-20(26)21(27)12-17/h4-6,8-14,23,29H,3,7,15-16H2,1-2H3. The molecule has 0 radical (unpaired) electrons. The van der Waals surface area contributed by atoms with Crippen molar-refractivity contribution in [2.75, 3.05) is 7.11 Å². The van der Waals surface area contributed by atoms with Gasteiger partial charge in [0.25, 0.3) is 0 Å². The van der Waals surface area contributed by atoms with Crippen LogP contribution in [0, 0.1) is 0 Å². The number of hydrogen-bond acceptors (Lipinski definition) is 3. The molecule has 1 atom stereocenters. The maximum atomic E-state index is 6.55. The van der Waals surface area contributed by atoms with Gasteiger partial charge in [-0.15, -0.1) is 0 Å². The first-order valence-electron chi connectivity index (χ1n) is 10.2. The van der Waals surface area contributed by atoms with Crippen molar-refractivity contribution in [1.82, 2.24) is 5.32 Å². The SMILES string of the molecule is CCCC(NCc1cc(Cl)c(OCc2ccc(Cl)c(Cl)c2)c(OC)c1)c1ccccc1. The predicted octanol–water partition coefficient (Wildman–Crippen LogP) is 7.87. The van der Waals surface area contributed by atoms with Gasteiger partial charge in [-0.2, -0.15) is 0 Å². The molecule has 164 valence electrons. The van der Waals surface area contributed by atoms with E-state index in [4.69, 9.17) is 44.3 Å². The number of halogens is 3. The Morgan fingerprint density at radius 2 is 1.61 bits per heavy atom. The second-order valence-electron chi connectivity index (χ2n) is 7.28. The molecule has 3 rings (SSSR count). The summed E-state index contributed by atoms with van der Waals surface area (Å²) in [6.45, 7) is 3.16.